The van der Waals surface area contributed by atoms with Gasteiger partial charge in [-0.25, -0.2) is 9.97 Å². The summed E-state index contributed by atoms with van der Waals surface area (Å²) in [6, 6.07) is 7.34. The molecule has 2 aromatic heterocycles. The first-order valence-electron chi connectivity index (χ1n) is 5.95. The summed E-state index contributed by atoms with van der Waals surface area (Å²) in [4.78, 5) is 11.8. The van der Waals surface area contributed by atoms with Gasteiger partial charge in [0, 0.05) is 12.3 Å². The molecular weight excluding hydrogens is 278 g/mol. The van der Waals surface area contributed by atoms with Crippen LogP contribution in [0.3, 0.4) is 0 Å². The van der Waals surface area contributed by atoms with Gasteiger partial charge in [0.25, 0.3) is 0 Å². The van der Waals surface area contributed by atoms with E-state index >= 15 is 0 Å². The Morgan fingerprint density at radius 2 is 2.00 bits per heavy atom. The maximum atomic E-state index is 5.92. The molecule has 3 aromatic rings. The summed E-state index contributed by atoms with van der Waals surface area (Å²) in [6.45, 7) is 0. The molecule has 102 valence electrons. The van der Waals surface area contributed by atoms with E-state index in [-0.39, 0.29) is 0 Å². The summed E-state index contributed by atoms with van der Waals surface area (Å²) in [5.74, 6) is 2.08. The standard InChI is InChI=1S/C14H12ClN3O2/c1-19-9-3-4-10(12(6-9)20-2)13-17-11-5-8(15)7-16-14(11)18-13/h3-7H,1-2H3,(H,16,17,18). The van der Waals surface area contributed by atoms with Crippen LogP contribution in [0.1, 0.15) is 0 Å². The molecule has 0 radical (unpaired) electrons. The monoisotopic (exact) mass is 289 g/mol. The van der Waals surface area contributed by atoms with E-state index in [4.69, 9.17) is 21.1 Å². The van der Waals surface area contributed by atoms with Crippen LogP contribution < -0.4 is 9.47 Å². The van der Waals surface area contributed by atoms with Crippen molar-refractivity contribution in [3.8, 4) is 22.9 Å². The van der Waals surface area contributed by atoms with Crippen molar-refractivity contribution in [2.24, 2.45) is 0 Å². The zero-order chi connectivity index (χ0) is 14.1. The van der Waals surface area contributed by atoms with Crippen molar-refractivity contribution in [3.63, 3.8) is 0 Å². The molecule has 5 nitrogen and oxygen atoms in total. The van der Waals surface area contributed by atoms with Gasteiger partial charge in [0.2, 0.25) is 0 Å². The third kappa shape index (κ3) is 2.16. The fourth-order valence-electron chi connectivity index (χ4n) is 2.00. The number of imidazole rings is 1. The van der Waals surface area contributed by atoms with E-state index in [1.165, 1.54) is 0 Å². The third-order valence-electron chi connectivity index (χ3n) is 2.97. The van der Waals surface area contributed by atoms with Crippen molar-refractivity contribution in [3.05, 3.63) is 35.5 Å². The van der Waals surface area contributed by atoms with Crippen LogP contribution in [-0.4, -0.2) is 29.2 Å². The predicted octanol–water partition coefficient (Wildman–Crippen LogP) is 3.30. The molecule has 0 bridgehead atoms. The second-order valence-corrected chi connectivity index (χ2v) is 4.61. The fourth-order valence-corrected chi connectivity index (χ4v) is 2.15. The highest BCUT2D eigenvalue weighted by Crippen LogP contribution is 2.32. The molecule has 0 aliphatic rings. The van der Waals surface area contributed by atoms with Gasteiger partial charge in [-0.15, -0.1) is 0 Å². The molecule has 0 fully saturated rings. The largest absolute Gasteiger partial charge is 0.497 e. The smallest absolute Gasteiger partial charge is 0.178 e. The van der Waals surface area contributed by atoms with Crippen molar-refractivity contribution in [2.75, 3.05) is 14.2 Å². The van der Waals surface area contributed by atoms with Gasteiger partial charge in [0.15, 0.2) is 5.65 Å². The highest BCUT2D eigenvalue weighted by molar-refractivity contribution is 6.31. The Kier molecular flexibility index (Phi) is 3.20. The van der Waals surface area contributed by atoms with E-state index in [2.05, 4.69) is 15.0 Å². The summed E-state index contributed by atoms with van der Waals surface area (Å²) >= 11 is 5.92. The molecule has 0 aliphatic carbocycles. The lowest BCUT2D eigenvalue weighted by Crippen LogP contribution is -1.91. The number of nitrogens with one attached hydrogen (secondary N) is 1. The third-order valence-corrected chi connectivity index (χ3v) is 3.17. The van der Waals surface area contributed by atoms with Crippen LogP contribution in [0.4, 0.5) is 0 Å². The maximum Gasteiger partial charge on any atom is 0.178 e. The quantitative estimate of drug-likeness (QED) is 0.804. The molecule has 20 heavy (non-hydrogen) atoms. The normalized spacial score (nSPS) is 10.8. The molecule has 6 heteroatoms. The van der Waals surface area contributed by atoms with Gasteiger partial charge in [0.1, 0.15) is 17.3 Å². The second-order valence-electron chi connectivity index (χ2n) is 4.18. The molecule has 0 spiro atoms. The molecule has 0 amide bonds. The van der Waals surface area contributed by atoms with E-state index in [0.717, 1.165) is 16.8 Å². The van der Waals surface area contributed by atoms with Gasteiger partial charge >= 0.3 is 0 Å². The summed E-state index contributed by atoms with van der Waals surface area (Å²) in [5.41, 5.74) is 2.23. The average molecular weight is 290 g/mol. The first-order valence-corrected chi connectivity index (χ1v) is 6.32. The Labute approximate surface area is 120 Å². The Balaban J connectivity index is 2.14. The number of fused-ring (bicyclic) bond motifs is 1. The van der Waals surface area contributed by atoms with E-state index < -0.39 is 0 Å². The minimum atomic E-state index is 0.564. The Morgan fingerprint density at radius 3 is 2.75 bits per heavy atom. The number of methoxy groups -OCH3 is 2. The molecule has 0 unspecified atom stereocenters. The molecule has 0 saturated heterocycles. The lowest BCUT2D eigenvalue weighted by atomic mass is 10.2. The van der Waals surface area contributed by atoms with Crippen LogP contribution in [0.2, 0.25) is 5.02 Å². The molecule has 1 N–H and O–H groups in total. The predicted molar refractivity (Wildman–Crippen MR) is 77.4 cm³/mol. The van der Waals surface area contributed by atoms with Crippen LogP contribution in [0.5, 0.6) is 11.5 Å². The summed E-state index contributed by atoms with van der Waals surface area (Å²) < 4.78 is 10.6. The number of pyridine rings is 1. The number of H-pyrrole nitrogens is 1. The van der Waals surface area contributed by atoms with Gasteiger partial charge in [-0.2, -0.15) is 0 Å². The number of halogens is 1. The fraction of sp³-hybridized carbons (Fsp3) is 0.143. The number of benzene rings is 1. The van der Waals surface area contributed by atoms with E-state index in [1.807, 2.05) is 18.2 Å². The van der Waals surface area contributed by atoms with Gasteiger partial charge < -0.3 is 14.5 Å². The number of rotatable bonds is 3. The number of hydrogen-bond acceptors (Lipinski definition) is 4. The maximum absolute atomic E-state index is 5.92. The van der Waals surface area contributed by atoms with Crippen LogP contribution in [0.15, 0.2) is 30.5 Å². The molecular formula is C14H12ClN3O2. The Morgan fingerprint density at radius 1 is 1.15 bits per heavy atom. The summed E-state index contributed by atoms with van der Waals surface area (Å²) in [7, 11) is 3.22. The van der Waals surface area contributed by atoms with Crippen LogP contribution >= 0.6 is 11.6 Å². The highest BCUT2D eigenvalue weighted by Gasteiger charge is 2.12. The number of ether oxygens (including phenoxy) is 2. The average Bonchev–Trinajstić information content (AvgIpc) is 2.89. The number of aromatic nitrogens is 3. The summed E-state index contributed by atoms with van der Waals surface area (Å²) in [5, 5.41) is 0.564. The van der Waals surface area contributed by atoms with Crippen molar-refractivity contribution >= 4 is 22.8 Å². The van der Waals surface area contributed by atoms with E-state index in [0.29, 0.717) is 22.2 Å². The molecule has 0 aliphatic heterocycles. The van der Waals surface area contributed by atoms with Crippen LogP contribution in [0.25, 0.3) is 22.6 Å². The van der Waals surface area contributed by atoms with Crippen molar-refractivity contribution in [1.29, 1.82) is 0 Å². The minimum Gasteiger partial charge on any atom is -0.497 e. The number of aromatic amines is 1. The minimum absolute atomic E-state index is 0.564. The van der Waals surface area contributed by atoms with Gasteiger partial charge in [-0.3, -0.25) is 0 Å². The van der Waals surface area contributed by atoms with Crippen LogP contribution in [0, 0.1) is 0 Å². The molecule has 3 rings (SSSR count). The molecule has 1 aromatic carbocycles. The first kappa shape index (κ1) is 12.7. The Hall–Kier alpha value is -2.27. The van der Waals surface area contributed by atoms with E-state index in [1.54, 1.807) is 26.5 Å². The van der Waals surface area contributed by atoms with Crippen molar-refractivity contribution < 1.29 is 9.47 Å². The molecule has 0 saturated carbocycles. The van der Waals surface area contributed by atoms with Gasteiger partial charge in [-0.1, -0.05) is 11.6 Å². The van der Waals surface area contributed by atoms with Gasteiger partial charge in [-0.05, 0) is 18.2 Å². The van der Waals surface area contributed by atoms with Crippen LogP contribution in [-0.2, 0) is 0 Å². The SMILES string of the molecule is COc1ccc(-c2nc3ncc(Cl)cc3[nH]2)c(OC)c1. The van der Waals surface area contributed by atoms with Crippen molar-refractivity contribution in [1.82, 2.24) is 15.0 Å². The Bertz CT molecular complexity index is 770. The number of nitrogens with zero attached hydrogens (tertiary/aromatic N) is 2. The van der Waals surface area contributed by atoms with Gasteiger partial charge in [0.05, 0.1) is 30.3 Å². The lowest BCUT2D eigenvalue weighted by Gasteiger charge is -2.08. The highest BCUT2D eigenvalue weighted by atomic mass is 35.5. The van der Waals surface area contributed by atoms with E-state index in [9.17, 15) is 0 Å². The topological polar surface area (TPSA) is 60.0 Å². The summed E-state index contributed by atoms with van der Waals surface area (Å²) in [6.07, 6.45) is 1.57. The number of hydrogen-bond donors (Lipinski definition) is 1. The first-order chi connectivity index (χ1) is 9.71. The van der Waals surface area contributed by atoms with Crippen molar-refractivity contribution in [2.45, 2.75) is 0 Å². The zero-order valence-corrected chi connectivity index (χ0v) is 11.7. The lowest BCUT2D eigenvalue weighted by molar-refractivity contribution is 0.395. The zero-order valence-electron chi connectivity index (χ0n) is 11.0. The second kappa shape index (κ2) is 5.02. The molecule has 0 atom stereocenters. The molecule has 2 heterocycles.